The summed E-state index contributed by atoms with van der Waals surface area (Å²) >= 11 is 0. The molecule has 0 aliphatic heterocycles. The van der Waals surface area contributed by atoms with E-state index < -0.39 is 0 Å². The van der Waals surface area contributed by atoms with Crippen LogP contribution in [-0.4, -0.2) is 16.5 Å². The molecule has 18 heavy (non-hydrogen) atoms. The molecule has 0 atom stereocenters. The smallest absolute Gasteiger partial charge is 0.159 e. The topological polar surface area (TPSA) is 75.9 Å². The normalized spacial score (nSPS) is 10.1. The van der Waals surface area contributed by atoms with E-state index in [1.807, 2.05) is 6.92 Å². The highest BCUT2D eigenvalue weighted by molar-refractivity contribution is 5.77. The summed E-state index contributed by atoms with van der Waals surface area (Å²) in [5, 5.41) is 6.05. The van der Waals surface area contributed by atoms with Crippen molar-refractivity contribution < 1.29 is 4.39 Å². The molecule has 1 heterocycles. The molecule has 0 aliphatic carbocycles. The summed E-state index contributed by atoms with van der Waals surface area (Å²) < 4.78 is 12.8. The third-order valence-electron chi connectivity index (χ3n) is 2.34. The van der Waals surface area contributed by atoms with Gasteiger partial charge in [0.1, 0.15) is 17.8 Å². The van der Waals surface area contributed by atoms with E-state index in [1.165, 1.54) is 18.5 Å². The van der Waals surface area contributed by atoms with E-state index in [2.05, 4.69) is 20.6 Å². The third-order valence-corrected chi connectivity index (χ3v) is 2.34. The Morgan fingerprint density at radius 1 is 1.17 bits per heavy atom. The second kappa shape index (κ2) is 5.31. The zero-order valence-corrected chi connectivity index (χ0v) is 9.94. The summed E-state index contributed by atoms with van der Waals surface area (Å²) in [6, 6.07) is 5.96. The lowest BCUT2D eigenvalue weighted by molar-refractivity contribution is 0.628. The molecule has 2 rings (SSSR count). The van der Waals surface area contributed by atoms with Gasteiger partial charge in [-0.1, -0.05) is 0 Å². The van der Waals surface area contributed by atoms with Crippen LogP contribution in [0.15, 0.2) is 30.6 Å². The zero-order valence-electron chi connectivity index (χ0n) is 9.94. The average molecular weight is 247 g/mol. The molecule has 0 saturated heterocycles. The van der Waals surface area contributed by atoms with Crippen LogP contribution in [0.4, 0.5) is 27.4 Å². The number of aromatic nitrogens is 2. The highest BCUT2D eigenvalue weighted by Crippen LogP contribution is 2.25. The van der Waals surface area contributed by atoms with Crippen molar-refractivity contribution in [2.24, 2.45) is 0 Å². The zero-order chi connectivity index (χ0) is 13.0. The fourth-order valence-corrected chi connectivity index (χ4v) is 1.47. The molecule has 94 valence electrons. The summed E-state index contributed by atoms with van der Waals surface area (Å²) in [7, 11) is 0. The minimum atomic E-state index is -0.287. The van der Waals surface area contributed by atoms with Gasteiger partial charge in [-0.15, -0.1) is 0 Å². The summed E-state index contributed by atoms with van der Waals surface area (Å²) in [5.41, 5.74) is 7.07. The number of nitrogens with zero attached hydrogens (tertiary/aromatic N) is 2. The van der Waals surface area contributed by atoms with Crippen molar-refractivity contribution in [3.05, 3.63) is 36.4 Å². The summed E-state index contributed by atoms with van der Waals surface area (Å²) in [4.78, 5) is 8.10. The van der Waals surface area contributed by atoms with Gasteiger partial charge in [-0.3, -0.25) is 0 Å². The van der Waals surface area contributed by atoms with Crippen molar-refractivity contribution >= 4 is 23.0 Å². The van der Waals surface area contributed by atoms with Crippen molar-refractivity contribution in [1.82, 2.24) is 9.97 Å². The average Bonchev–Trinajstić information content (AvgIpc) is 2.37. The van der Waals surface area contributed by atoms with Gasteiger partial charge < -0.3 is 16.4 Å². The Balaban J connectivity index is 2.23. The van der Waals surface area contributed by atoms with Crippen LogP contribution in [0.1, 0.15) is 6.92 Å². The molecule has 4 N–H and O–H groups in total. The SMILES string of the molecule is CCNc1ncnc(Nc2ccc(F)cc2)c1N. The molecule has 0 bridgehead atoms. The monoisotopic (exact) mass is 247 g/mol. The lowest BCUT2D eigenvalue weighted by atomic mass is 10.3. The van der Waals surface area contributed by atoms with Crippen molar-refractivity contribution in [2.45, 2.75) is 6.92 Å². The van der Waals surface area contributed by atoms with Gasteiger partial charge in [0.25, 0.3) is 0 Å². The van der Waals surface area contributed by atoms with Crippen molar-refractivity contribution in [1.29, 1.82) is 0 Å². The van der Waals surface area contributed by atoms with Gasteiger partial charge in [0.2, 0.25) is 0 Å². The molecule has 0 unspecified atom stereocenters. The summed E-state index contributed by atoms with van der Waals surface area (Å²) in [6.45, 7) is 2.67. The van der Waals surface area contributed by atoms with Gasteiger partial charge in [0.15, 0.2) is 11.6 Å². The number of anilines is 4. The van der Waals surface area contributed by atoms with Crippen LogP contribution in [-0.2, 0) is 0 Å². The molecular formula is C12H14FN5. The van der Waals surface area contributed by atoms with E-state index in [0.29, 0.717) is 23.0 Å². The second-order valence-corrected chi connectivity index (χ2v) is 3.65. The molecule has 0 radical (unpaired) electrons. The Labute approximate surface area is 104 Å². The minimum Gasteiger partial charge on any atom is -0.393 e. The van der Waals surface area contributed by atoms with Gasteiger partial charge in [-0.25, -0.2) is 14.4 Å². The number of halogens is 1. The molecule has 0 fully saturated rings. The maximum absolute atomic E-state index is 12.8. The highest BCUT2D eigenvalue weighted by atomic mass is 19.1. The predicted octanol–water partition coefficient (Wildman–Crippen LogP) is 2.37. The fraction of sp³-hybridized carbons (Fsp3) is 0.167. The lowest BCUT2D eigenvalue weighted by Crippen LogP contribution is -2.07. The first-order chi connectivity index (χ1) is 8.70. The minimum absolute atomic E-state index is 0.287. The molecule has 0 aliphatic rings. The standard InChI is InChI=1S/C12H14FN5/c1-2-15-11-10(14)12(17-7-16-11)18-9-5-3-8(13)4-6-9/h3-7H,2,14H2,1H3,(H2,15,16,17,18). The molecule has 5 nitrogen and oxygen atoms in total. The number of benzene rings is 1. The molecule has 2 aromatic rings. The Hall–Kier alpha value is -2.37. The molecule has 1 aromatic carbocycles. The fourth-order valence-electron chi connectivity index (χ4n) is 1.47. The van der Waals surface area contributed by atoms with E-state index in [4.69, 9.17) is 5.73 Å². The van der Waals surface area contributed by atoms with Gasteiger partial charge in [0, 0.05) is 12.2 Å². The Bertz CT molecular complexity index is 526. The number of hydrogen-bond acceptors (Lipinski definition) is 5. The van der Waals surface area contributed by atoms with Crippen LogP contribution < -0.4 is 16.4 Å². The van der Waals surface area contributed by atoms with E-state index in [0.717, 1.165) is 6.54 Å². The molecular weight excluding hydrogens is 233 g/mol. The largest absolute Gasteiger partial charge is 0.393 e. The number of nitrogens with one attached hydrogen (secondary N) is 2. The van der Waals surface area contributed by atoms with Crippen LogP contribution in [0.2, 0.25) is 0 Å². The Kier molecular flexibility index (Phi) is 3.57. The van der Waals surface area contributed by atoms with Crippen molar-refractivity contribution in [2.75, 3.05) is 22.9 Å². The molecule has 0 spiro atoms. The highest BCUT2D eigenvalue weighted by Gasteiger charge is 2.07. The quantitative estimate of drug-likeness (QED) is 0.773. The van der Waals surface area contributed by atoms with Crippen molar-refractivity contribution in [3.8, 4) is 0 Å². The van der Waals surface area contributed by atoms with Crippen LogP contribution in [0.3, 0.4) is 0 Å². The molecule has 0 amide bonds. The maximum atomic E-state index is 12.8. The lowest BCUT2D eigenvalue weighted by Gasteiger charge is -2.11. The third kappa shape index (κ3) is 2.65. The molecule has 1 aromatic heterocycles. The second-order valence-electron chi connectivity index (χ2n) is 3.65. The maximum Gasteiger partial charge on any atom is 0.159 e. The first-order valence-electron chi connectivity index (χ1n) is 5.57. The predicted molar refractivity (Wildman–Crippen MR) is 70.3 cm³/mol. The van der Waals surface area contributed by atoms with Gasteiger partial charge in [0.05, 0.1) is 0 Å². The number of nitrogen functional groups attached to an aromatic ring is 1. The molecule has 0 saturated carbocycles. The first kappa shape index (κ1) is 12.1. The van der Waals surface area contributed by atoms with E-state index in [-0.39, 0.29) is 5.82 Å². The van der Waals surface area contributed by atoms with Gasteiger partial charge in [-0.05, 0) is 31.2 Å². The van der Waals surface area contributed by atoms with Gasteiger partial charge in [-0.2, -0.15) is 0 Å². The van der Waals surface area contributed by atoms with E-state index in [1.54, 1.807) is 12.1 Å². The van der Waals surface area contributed by atoms with Crippen LogP contribution in [0.25, 0.3) is 0 Å². The van der Waals surface area contributed by atoms with E-state index in [9.17, 15) is 4.39 Å². The Morgan fingerprint density at radius 3 is 2.50 bits per heavy atom. The summed E-state index contributed by atoms with van der Waals surface area (Å²) in [6.07, 6.45) is 1.42. The van der Waals surface area contributed by atoms with Crippen LogP contribution >= 0.6 is 0 Å². The van der Waals surface area contributed by atoms with E-state index >= 15 is 0 Å². The molecule has 6 heteroatoms. The Morgan fingerprint density at radius 2 is 1.83 bits per heavy atom. The first-order valence-corrected chi connectivity index (χ1v) is 5.57. The van der Waals surface area contributed by atoms with Crippen LogP contribution in [0, 0.1) is 5.82 Å². The number of rotatable bonds is 4. The summed E-state index contributed by atoms with van der Waals surface area (Å²) in [5.74, 6) is 0.786. The van der Waals surface area contributed by atoms with Crippen LogP contribution in [0.5, 0.6) is 0 Å². The number of hydrogen-bond donors (Lipinski definition) is 3. The van der Waals surface area contributed by atoms with Crippen molar-refractivity contribution in [3.63, 3.8) is 0 Å². The van der Waals surface area contributed by atoms with Gasteiger partial charge >= 0.3 is 0 Å². The number of nitrogens with two attached hydrogens (primary N) is 1.